The van der Waals surface area contributed by atoms with E-state index in [2.05, 4.69) is 15.5 Å². The molecule has 0 aliphatic carbocycles. The number of methoxy groups -OCH3 is 3. The number of hydrogen-bond donors (Lipinski definition) is 1. The summed E-state index contributed by atoms with van der Waals surface area (Å²) in [5.41, 5.74) is 4.22. The number of ether oxygens (including phenoxy) is 3. The number of anilines is 1. The summed E-state index contributed by atoms with van der Waals surface area (Å²) in [6.45, 7) is 0. The van der Waals surface area contributed by atoms with Crippen molar-refractivity contribution in [2.75, 3.05) is 33.4 Å². The number of aromatic nitrogens is 3. The van der Waals surface area contributed by atoms with Crippen molar-refractivity contribution in [1.29, 1.82) is 0 Å². The van der Waals surface area contributed by atoms with Crippen LogP contribution in [0.25, 0.3) is 11.4 Å². The molecule has 0 fully saturated rings. The lowest BCUT2D eigenvalue weighted by Gasteiger charge is -2.15. The van der Waals surface area contributed by atoms with E-state index >= 15 is 0 Å². The summed E-state index contributed by atoms with van der Waals surface area (Å²) in [7, 11) is 6.18. The summed E-state index contributed by atoms with van der Waals surface area (Å²) in [5.74, 6) is 1.35. The Morgan fingerprint density at radius 1 is 1.24 bits per heavy atom. The first kappa shape index (κ1) is 16.8. The first-order chi connectivity index (χ1) is 12.1. The fourth-order valence-corrected chi connectivity index (χ4v) is 2.55. The summed E-state index contributed by atoms with van der Waals surface area (Å²) < 4.78 is 16.6. The first-order valence-corrected chi connectivity index (χ1v) is 7.51. The van der Waals surface area contributed by atoms with Gasteiger partial charge in [0, 0.05) is 12.6 Å². The maximum Gasteiger partial charge on any atom is 0.340 e. The maximum absolute atomic E-state index is 12.0. The average Bonchev–Trinajstić information content (AvgIpc) is 3.20. The highest BCUT2D eigenvalue weighted by Crippen LogP contribution is 2.30. The van der Waals surface area contributed by atoms with Crippen molar-refractivity contribution in [3.8, 4) is 17.1 Å². The second kappa shape index (κ2) is 6.81. The molecular formula is C16H19N5O4. The van der Waals surface area contributed by atoms with Crippen LogP contribution in [0.2, 0.25) is 0 Å². The predicted octanol–water partition coefficient (Wildman–Crippen LogP) is 1.11. The van der Waals surface area contributed by atoms with Crippen LogP contribution in [0.1, 0.15) is 6.17 Å². The molecule has 0 saturated carbocycles. The van der Waals surface area contributed by atoms with Crippen LogP contribution in [0.4, 0.5) is 5.95 Å². The Balaban J connectivity index is 1.98. The van der Waals surface area contributed by atoms with E-state index in [0.717, 1.165) is 11.3 Å². The zero-order valence-electron chi connectivity index (χ0n) is 14.4. The van der Waals surface area contributed by atoms with E-state index in [1.54, 1.807) is 23.8 Å². The Labute approximate surface area is 144 Å². The summed E-state index contributed by atoms with van der Waals surface area (Å²) >= 11 is 0. The van der Waals surface area contributed by atoms with E-state index in [1.165, 1.54) is 20.5 Å². The molecule has 25 heavy (non-hydrogen) atoms. The standard InChI is InChI=1S/C16H19N5O4/c1-20-16-17-13(10-5-7-11(24-3)8-6-10)18-21(16)14(19-20)12(9-23-2)15(22)25-4/h5-9,14,19H,1-4H3. The monoisotopic (exact) mass is 345 g/mol. The average molecular weight is 345 g/mol. The van der Waals surface area contributed by atoms with Crippen LogP contribution in [0, 0.1) is 0 Å². The highest BCUT2D eigenvalue weighted by molar-refractivity contribution is 5.89. The Kier molecular flexibility index (Phi) is 4.57. The molecule has 1 atom stereocenters. The van der Waals surface area contributed by atoms with E-state index < -0.39 is 12.1 Å². The van der Waals surface area contributed by atoms with Crippen LogP contribution in [0.5, 0.6) is 5.75 Å². The highest BCUT2D eigenvalue weighted by atomic mass is 16.5. The van der Waals surface area contributed by atoms with Crippen LogP contribution in [0.15, 0.2) is 36.1 Å². The number of nitrogens with one attached hydrogen (secondary N) is 1. The number of rotatable bonds is 5. The van der Waals surface area contributed by atoms with Gasteiger partial charge in [-0.2, -0.15) is 4.98 Å². The van der Waals surface area contributed by atoms with Crippen molar-refractivity contribution in [2.45, 2.75) is 6.17 Å². The van der Waals surface area contributed by atoms with E-state index in [0.29, 0.717) is 11.8 Å². The lowest BCUT2D eigenvalue weighted by Crippen LogP contribution is -2.34. The van der Waals surface area contributed by atoms with Crippen molar-refractivity contribution < 1.29 is 19.0 Å². The molecule has 0 spiro atoms. The Hall–Kier alpha value is -3.07. The minimum absolute atomic E-state index is 0.279. The molecule has 1 unspecified atom stereocenters. The van der Waals surface area contributed by atoms with Crippen LogP contribution in [-0.2, 0) is 14.3 Å². The third kappa shape index (κ3) is 3.01. The predicted molar refractivity (Wildman–Crippen MR) is 89.7 cm³/mol. The molecule has 1 aromatic carbocycles. The number of benzene rings is 1. The molecule has 2 aromatic rings. The van der Waals surface area contributed by atoms with Crippen LogP contribution >= 0.6 is 0 Å². The molecule has 132 valence electrons. The number of carbonyl (C=O) groups is 1. The number of hydrogen-bond acceptors (Lipinski definition) is 8. The van der Waals surface area contributed by atoms with Gasteiger partial charge in [0.15, 0.2) is 12.0 Å². The first-order valence-electron chi connectivity index (χ1n) is 7.51. The summed E-state index contributed by atoms with van der Waals surface area (Å²) in [6.07, 6.45) is 0.758. The second-order valence-electron chi connectivity index (χ2n) is 5.30. The van der Waals surface area contributed by atoms with Gasteiger partial charge in [0.25, 0.3) is 0 Å². The maximum atomic E-state index is 12.0. The Morgan fingerprint density at radius 2 is 1.96 bits per heavy atom. The van der Waals surface area contributed by atoms with Gasteiger partial charge in [-0.3, -0.25) is 5.01 Å². The van der Waals surface area contributed by atoms with E-state index in [-0.39, 0.29) is 5.57 Å². The number of nitrogens with zero attached hydrogens (tertiary/aromatic N) is 4. The summed E-state index contributed by atoms with van der Waals surface area (Å²) in [4.78, 5) is 16.6. The molecule has 9 nitrogen and oxygen atoms in total. The second-order valence-corrected chi connectivity index (χ2v) is 5.30. The molecule has 0 saturated heterocycles. The molecule has 1 aliphatic heterocycles. The Bertz CT molecular complexity index is 799. The van der Waals surface area contributed by atoms with Gasteiger partial charge in [-0.05, 0) is 24.3 Å². The molecule has 1 aliphatic rings. The number of hydrazine groups is 1. The van der Waals surface area contributed by atoms with Gasteiger partial charge in [-0.15, -0.1) is 5.10 Å². The normalized spacial score (nSPS) is 16.6. The molecule has 1 N–H and O–H groups in total. The van der Waals surface area contributed by atoms with Gasteiger partial charge >= 0.3 is 5.97 Å². The van der Waals surface area contributed by atoms with Crippen molar-refractivity contribution in [3.05, 3.63) is 36.1 Å². The lowest BCUT2D eigenvalue weighted by atomic mass is 10.2. The molecule has 2 heterocycles. The largest absolute Gasteiger partial charge is 0.504 e. The van der Waals surface area contributed by atoms with Gasteiger partial charge < -0.3 is 14.2 Å². The van der Waals surface area contributed by atoms with Crippen LogP contribution in [-0.4, -0.2) is 49.1 Å². The molecule has 0 radical (unpaired) electrons. The van der Waals surface area contributed by atoms with E-state index in [9.17, 15) is 4.79 Å². The van der Waals surface area contributed by atoms with Gasteiger partial charge in [-0.1, -0.05) is 0 Å². The number of esters is 1. The van der Waals surface area contributed by atoms with Crippen molar-refractivity contribution in [3.63, 3.8) is 0 Å². The summed E-state index contributed by atoms with van der Waals surface area (Å²) in [5, 5.41) is 6.22. The zero-order chi connectivity index (χ0) is 18.0. The third-order valence-electron chi connectivity index (χ3n) is 3.78. The van der Waals surface area contributed by atoms with Crippen molar-refractivity contribution in [1.82, 2.24) is 20.2 Å². The van der Waals surface area contributed by atoms with E-state index in [1.807, 2.05) is 24.3 Å². The molecule has 9 heteroatoms. The molecule has 3 rings (SSSR count). The summed E-state index contributed by atoms with van der Waals surface area (Å²) in [6, 6.07) is 7.42. The van der Waals surface area contributed by atoms with Crippen molar-refractivity contribution >= 4 is 11.9 Å². The number of fused-ring (bicyclic) bond motifs is 1. The fourth-order valence-electron chi connectivity index (χ4n) is 2.55. The van der Waals surface area contributed by atoms with Gasteiger partial charge in [0.05, 0.1) is 27.6 Å². The van der Waals surface area contributed by atoms with Gasteiger partial charge in [0.1, 0.15) is 11.3 Å². The fraction of sp³-hybridized carbons (Fsp3) is 0.312. The van der Waals surface area contributed by atoms with Crippen LogP contribution < -0.4 is 15.2 Å². The lowest BCUT2D eigenvalue weighted by molar-refractivity contribution is -0.136. The minimum Gasteiger partial charge on any atom is -0.504 e. The Morgan fingerprint density at radius 3 is 2.56 bits per heavy atom. The molecular weight excluding hydrogens is 326 g/mol. The minimum atomic E-state index is -0.577. The SMILES string of the molecule is COC=C(C(=O)OC)C1NN(C)c2nc(-c3ccc(OC)cc3)nn21. The van der Waals surface area contributed by atoms with Gasteiger partial charge in [-0.25, -0.2) is 14.9 Å². The molecule has 0 bridgehead atoms. The number of carbonyl (C=O) groups excluding carboxylic acids is 1. The zero-order valence-corrected chi connectivity index (χ0v) is 14.4. The van der Waals surface area contributed by atoms with Gasteiger partial charge in [0.2, 0.25) is 5.95 Å². The quantitative estimate of drug-likeness (QED) is 0.490. The molecule has 1 aromatic heterocycles. The smallest absolute Gasteiger partial charge is 0.340 e. The third-order valence-corrected chi connectivity index (χ3v) is 3.78. The highest BCUT2D eigenvalue weighted by Gasteiger charge is 2.35. The van der Waals surface area contributed by atoms with E-state index in [4.69, 9.17) is 14.2 Å². The van der Waals surface area contributed by atoms with Crippen LogP contribution in [0.3, 0.4) is 0 Å². The van der Waals surface area contributed by atoms with Crippen molar-refractivity contribution in [2.24, 2.45) is 0 Å². The topological polar surface area (TPSA) is 90.7 Å². The molecule has 0 amide bonds.